The Kier molecular flexibility index (Phi) is 8.11. The monoisotopic (exact) mass is 649 g/mol. The van der Waals surface area contributed by atoms with Gasteiger partial charge in [-0.3, -0.25) is 9.21 Å². The van der Waals surface area contributed by atoms with Gasteiger partial charge in [0, 0.05) is 70.2 Å². The number of aromatic amines is 1. The maximum Gasteiger partial charge on any atom is 0.232 e. The minimum absolute atomic E-state index is 0.225. The lowest BCUT2D eigenvalue weighted by Crippen LogP contribution is -2.52. The van der Waals surface area contributed by atoms with E-state index in [0.29, 0.717) is 59.0 Å². The number of rotatable bonds is 8. The molecule has 2 aromatic heterocycles. The Bertz CT molecular complexity index is 1850. The predicted octanol–water partition coefficient (Wildman–Crippen LogP) is 4.13. The molecule has 0 amide bonds. The molecule has 0 aliphatic carbocycles. The van der Waals surface area contributed by atoms with Gasteiger partial charge >= 0.3 is 0 Å². The molecule has 5 heterocycles. The summed E-state index contributed by atoms with van der Waals surface area (Å²) < 4.78 is 47.9. The molecule has 0 bridgehead atoms. The maximum absolute atomic E-state index is 15.7. The van der Waals surface area contributed by atoms with E-state index < -0.39 is 10.0 Å². The molecule has 0 radical (unpaired) electrons. The van der Waals surface area contributed by atoms with Crippen molar-refractivity contribution in [1.82, 2.24) is 24.8 Å². The first-order valence-electron chi connectivity index (χ1n) is 15.7. The van der Waals surface area contributed by atoms with Crippen molar-refractivity contribution in [1.29, 1.82) is 0 Å². The zero-order valence-corrected chi connectivity index (χ0v) is 27.2. The highest BCUT2D eigenvalue weighted by atomic mass is 32.2. The van der Waals surface area contributed by atoms with Gasteiger partial charge in [-0.05, 0) is 44.0 Å². The van der Waals surface area contributed by atoms with Crippen molar-refractivity contribution in [3.8, 4) is 5.75 Å². The van der Waals surface area contributed by atoms with Gasteiger partial charge in [0.2, 0.25) is 16.0 Å². The van der Waals surface area contributed by atoms with Gasteiger partial charge in [-0.25, -0.2) is 12.8 Å². The molecule has 244 valence electrons. The number of sulfonamides is 1. The molecule has 14 heteroatoms. The first-order valence-corrected chi connectivity index (χ1v) is 17.6. The van der Waals surface area contributed by atoms with Gasteiger partial charge in [-0.2, -0.15) is 9.97 Å². The largest absolute Gasteiger partial charge is 0.494 e. The van der Waals surface area contributed by atoms with E-state index in [1.54, 1.807) is 19.4 Å². The highest BCUT2D eigenvalue weighted by Crippen LogP contribution is 2.40. The third-order valence-corrected chi connectivity index (χ3v) is 10.6. The second-order valence-corrected chi connectivity index (χ2v) is 14.3. The third kappa shape index (κ3) is 5.92. The molecule has 3 aliphatic heterocycles. The zero-order valence-electron chi connectivity index (χ0n) is 26.4. The molecule has 0 atom stereocenters. The lowest BCUT2D eigenvalue weighted by molar-refractivity contribution is 0.0981. The van der Waals surface area contributed by atoms with Gasteiger partial charge in [-0.15, -0.1) is 0 Å². The van der Waals surface area contributed by atoms with Gasteiger partial charge in [0.1, 0.15) is 23.0 Å². The van der Waals surface area contributed by atoms with E-state index in [1.807, 2.05) is 24.3 Å². The minimum Gasteiger partial charge on any atom is -0.494 e. The molecule has 0 spiro atoms. The summed E-state index contributed by atoms with van der Waals surface area (Å²) in [4.78, 5) is 19.5. The summed E-state index contributed by atoms with van der Waals surface area (Å²) in [5.74, 6) is 0.832. The lowest BCUT2D eigenvalue weighted by Gasteiger charge is -2.42. The van der Waals surface area contributed by atoms with Crippen LogP contribution in [0.1, 0.15) is 18.4 Å². The van der Waals surface area contributed by atoms with Crippen molar-refractivity contribution in [2.45, 2.75) is 25.3 Å². The quantitative estimate of drug-likeness (QED) is 0.257. The molecule has 0 saturated carbocycles. The van der Waals surface area contributed by atoms with Crippen LogP contribution in [-0.4, -0.2) is 105 Å². The fourth-order valence-electron chi connectivity index (χ4n) is 6.90. The van der Waals surface area contributed by atoms with Crippen LogP contribution in [0.2, 0.25) is 0 Å². The highest BCUT2D eigenvalue weighted by Gasteiger charge is 2.30. The number of benzene rings is 2. The molecule has 46 heavy (non-hydrogen) atoms. The summed E-state index contributed by atoms with van der Waals surface area (Å²) in [7, 11) is 0.271. The van der Waals surface area contributed by atoms with Crippen molar-refractivity contribution >= 4 is 55.6 Å². The number of aromatic nitrogens is 3. The second-order valence-electron chi connectivity index (χ2n) is 12.3. The fraction of sp³-hybridized carbons (Fsp3) is 0.438. The van der Waals surface area contributed by atoms with Crippen LogP contribution in [0.3, 0.4) is 0 Å². The van der Waals surface area contributed by atoms with Gasteiger partial charge in [0.15, 0.2) is 0 Å². The molecule has 3 aliphatic rings. The zero-order chi connectivity index (χ0) is 32.0. The molecule has 2 aromatic carbocycles. The van der Waals surface area contributed by atoms with Crippen LogP contribution in [0.5, 0.6) is 5.75 Å². The van der Waals surface area contributed by atoms with Crippen molar-refractivity contribution in [3.63, 3.8) is 0 Å². The highest BCUT2D eigenvalue weighted by molar-refractivity contribution is 7.92. The van der Waals surface area contributed by atoms with E-state index in [0.717, 1.165) is 63.1 Å². The fourth-order valence-corrected chi connectivity index (χ4v) is 7.88. The van der Waals surface area contributed by atoms with E-state index in [9.17, 15) is 8.42 Å². The van der Waals surface area contributed by atoms with Crippen LogP contribution in [-0.2, 0) is 16.4 Å². The van der Waals surface area contributed by atoms with Crippen LogP contribution in [0, 0.1) is 5.82 Å². The maximum atomic E-state index is 15.7. The Morgan fingerprint density at radius 2 is 1.76 bits per heavy atom. The molecule has 2 saturated heterocycles. The first kappa shape index (κ1) is 30.5. The van der Waals surface area contributed by atoms with Crippen LogP contribution < -0.4 is 24.6 Å². The smallest absolute Gasteiger partial charge is 0.232 e. The SMILES string of the molecule is COc1cc(N2CCC(N3CCN(C)CC3)CC2)c(F)cc1Nc1nc(Nc2cccc3c2N(S(C)(=O)=O)CC3)c2cc[nH]c2n1. The van der Waals surface area contributed by atoms with Crippen molar-refractivity contribution in [3.05, 3.63) is 54.0 Å². The Labute approximate surface area is 268 Å². The van der Waals surface area contributed by atoms with E-state index >= 15 is 4.39 Å². The number of ether oxygens (including phenoxy) is 1. The number of hydrogen-bond donors (Lipinski definition) is 3. The number of methoxy groups -OCH3 is 1. The number of hydrogen-bond acceptors (Lipinski definition) is 10. The number of anilines is 6. The average molecular weight is 650 g/mol. The number of piperidine rings is 1. The summed E-state index contributed by atoms with van der Waals surface area (Å²) in [6.45, 7) is 6.31. The third-order valence-electron chi connectivity index (χ3n) is 9.40. The number of H-pyrrole nitrogens is 1. The summed E-state index contributed by atoms with van der Waals surface area (Å²) in [6.07, 6.45) is 5.60. The van der Waals surface area contributed by atoms with Crippen LogP contribution in [0.4, 0.5) is 38.9 Å². The summed E-state index contributed by atoms with van der Waals surface area (Å²) >= 11 is 0. The second kappa shape index (κ2) is 12.2. The Morgan fingerprint density at radius 1 is 0.978 bits per heavy atom. The Morgan fingerprint density at radius 3 is 2.50 bits per heavy atom. The molecule has 0 unspecified atom stereocenters. The van der Waals surface area contributed by atoms with E-state index in [4.69, 9.17) is 9.72 Å². The number of para-hydroxylation sites is 1. The van der Waals surface area contributed by atoms with E-state index in [1.165, 1.54) is 16.6 Å². The van der Waals surface area contributed by atoms with Gasteiger partial charge in [0.25, 0.3) is 0 Å². The van der Waals surface area contributed by atoms with E-state index in [-0.39, 0.29) is 11.8 Å². The van der Waals surface area contributed by atoms with Crippen molar-refractivity contribution in [2.75, 3.05) is 86.1 Å². The molecule has 4 aromatic rings. The number of fused-ring (bicyclic) bond motifs is 2. The number of likely N-dealkylation sites (N-methyl/N-ethyl adjacent to an activating group) is 1. The lowest BCUT2D eigenvalue weighted by atomic mass is 10.0. The number of piperazine rings is 1. The molecule has 2 fully saturated rings. The summed E-state index contributed by atoms with van der Waals surface area (Å²) in [6, 6.07) is 11.2. The van der Waals surface area contributed by atoms with Crippen LogP contribution in [0.15, 0.2) is 42.6 Å². The van der Waals surface area contributed by atoms with E-state index in [2.05, 4.69) is 42.3 Å². The Balaban J connectivity index is 1.13. The minimum atomic E-state index is -3.46. The Hall–Kier alpha value is -4.14. The summed E-state index contributed by atoms with van der Waals surface area (Å²) in [5.41, 5.74) is 3.67. The normalized spacial score (nSPS) is 18.3. The van der Waals surface area contributed by atoms with Crippen molar-refractivity contribution < 1.29 is 17.5 Å². The van der Waals surface area contributed by atoms with Crippen molar-refractivity contribution in [2.24, 2.45) is 0 Å². The molecule has 7 rings (SSSR count). The topological polar surface area (TPSA) is 122 Å². The first-order chi connectivity index (χ1) is 22.2. The molecular weight excluding hydrogens is 609 g/mol. The molecule has 12 nitrogen and oxygen atoms in total. The van der Waals surface area contributed by atoms with Gasteiger partial charge in [0.05, 0.1) is 41.5 Å². The average Bonchev–Trinajstić information content (AvgIpc) is 3.70. The standard InChI is InChI=1S/C32H40FN9O3S/c1-39-15-17-40(18-16-39)22-9-12-41(13-10-22)27-20-28(45-2)26(19-24(27)33)36-32-37-30-23(7-11-34-30)31(38-32)35-25-6-4-5-21-8-14-42(29(21)25)46(3,43)44/h4-7,11,19-20,22H,8-10,12-18H2,1-3H3,(H3,34,35,36,37,38). The summed E-state index contributed by atoms with van der Waals surface area (Å²) in [5, 5.41) is 7.23. The number of nitrogens with one attached hydrogen (secondary N) is 3. The number of halogens is 1. The number of nitrogens with zero attached hydrogens (tertiary/aromatic N) is 6. The van der Waals surface area contributed by atoms with Crippen LogP contribution >= 0.6 is 0 Å². The molecular formula is C32H40FN9O3S. The predicted molar refractivity (Wildman–Crippen MR) is 180 cm³/mol. The van der Waals surface area contributed by atoms with Crippen LogP contribution in [0.25, 0.3) is 11.0 Å². The van der Waals surface area contributed by atoms with Gasteiger partial charge < -0.3 is 30.2 Å². The van der Waals surface area contributed by atoms with Gasteiger partial charge in [-0.1, -0.05) is 12.1 Å². The molecule has 3 N–H and O–H groups in total.